The van der Waals surface area contributed by atoms with Crippen LogP contribution >= 0.6 is 35.2 Å². The van der Waals surface area contributed by atoms with E-state index in [9.17, 15) is 57.9 Å². The first kappa shape index (κ1) is 63.6. The fraction of sp³-hybridized carbons (Fsp3) is 0.773. The van der Waals surface area contributed by atoms with Crippen molar-refractivity contribution in [3.63, 3.8) is 0 Å². The third-order valence-corrected chi connectivity index (χ3v) is 15.7. The number of nitrogens with one attached hydrogen (secondary N) is 2. The lowest BCUT2D eigenvalue weighted by Gasteiger charge is -2.30. The number of imidazole rings is 1. The second-order valence-corrected chi connectivity index (χ2v) is 23.8. The number of aromatic nitrogens is 4. The second kappa shape index (κ2) is 32.7. The minimum absolute atomic E-state index is 0.0330. The summed E-state index contributed by atoms with van der Waals surface area (Å²) in [5.41, 5.74) is 4.29. The summed E-state index contributed by atoms with van der Waals surface area (Å²) in [6, 6.07) is 0. The van der Waals surface area contributed by atoms with Crippen molar-refractivity contribution in [2.45, 2.75) is 180 Å². The monoisotopic (exact) mass is 1100 g/mol. The van der Waals surface area contributed by atoms with Crippen molar-refractivity contribution in [3.8, 4) is 0 Å². The van der Waals surface area contributed by atoms with Gasteiger partial charge in [0.15, 0.2) is 17.7 Å². The number of hydrogen-bond donors (Lipinski definition) is 9. The molecule has 1 aliphatic rings. The highest BCUT2D eigenvalue weighted by atomic mass is 32.2. The number of rotatable bonds is 39. The number of nitrogen functional groups attached to an aromatic ring is 1. The number of phosphoric ester groups is 3. The molecule has 10 N–H and O–H groups in total. The van der Waals surface area contributed by atoms with Gasteiger partial charge in [-0.25, -0.2) is 28.6 Å². The number of nitrogens with zero attached hydrogens (tertiary/aromatic N) is 4. The Kier molecular flexibility index (Phi) is 28.9. The standard InChI is InChI=1S/C44H78N7O17P3S/c1-4-5-6-7-8-9-10-11-12-13-14-15-16-17-18-19-20-21-22-23-24-35(53)72-28-27-46-34(52)25-26-47-42(56)39(55)44(2,3)30-65-71(62,63)68-70(60,61)64-29-33-38(67-69(57,58)59)37(54)43(66-33)51-32-50-36-40(45)48-31-49-41(36)51/h23-24,31-33,37-39,43,54-55H,4-22,25-30H2,1-3H3,(H,46,52)(H,47,56)(H,60,61)(H,62,63)(H2,45,48,49)(H2,57,58,59)/b24-23+/t33-,37-,38-,39+,43-/m1/s1. The van der Waals surface area contributed by atoms with Gasteiger partial charge in [-0.1, -0.05) is 148 Å². The predicted molar refractivity (Wildman–Crippen MR) is 270 cm³/mol. The molecule has 0 saturated carbocycles. The lowest BCUT2D eigenvalue weighted by atomic mass is 9.87. The first-order chi connectivity index (χ1) is 34.1. The van der Waals surface area contributed by atoms with Crippen LogP contribution < -0.4 is 16.4 Å². The summed E-state index contributed by atoms with van der Waals surface area (Å²) < 4.78 is 62.5. The van der Waals surface area contributed by atoms with Gasteiger partial charge >= 0.3 is 23.5 Å². The van der Waals surface area contributed by atoms with Gasteiger partial charge in [-0.15, -0.1) is 0 Å². The number of fused-ring (bicyclic) bond motifs is 1. The van der Waals surface area contributed by atoms with Crippen molar-refractivity contribution in [1.82, 2.24) is 30.2 Å². The molecule has 3 rings (SSSR count). The average Bonchev–Trinajstić information content (AvgIpc) is 3.87. The highest BCUT2D eigenvalue weighted by Gasteiger charge is 2.50. The molecule has 72 heavy (non-hydrogen) atoms. The van der Waals surface area contributed by atoms with Crippen LogP contribution in [0.3, 0.4) is 0 Å². The van der Waals surface area contributed by atoms with Crippen LogP contribution in [0.2, 0.25) is 0 Å². The number of phosphoric acid groups is 3. The molecule has 2 aromatic heterocycles. The van der Waals surface area contributed by atoms with Gasteiger partial charge in [-0.2, -0.15) is 4.31 Å². The average molecular weight is 1100 g/mol. The maximum absolute atomic E-state index is 12.8. The van der Waals surface area contributed by atoms with E-state index < -0.39 is 84.6 Å². The first-order valence-corrected chi connectivity index (χ1v) is 30.3. The molecule has 24 nitrogen and oxygen atoms in total. The van der Waals surface area contributed by atoms with Gasteiger partial charge in [0.05, 0.1) is 19.5 Å². The molecule has 28 heteroatoms. The number of carbonyl (C=O) groups is 3. The molecule has 1 fully saturated rings. The normalized spacial score (nSPS) is 19.6. The number of thioether (sulfide) groups is 1. The zero-order chi connectivity index (χ0) is 53.2. The number of carbonyl (C=O) groups excluding carboxylic acids is 3. The zero-order valence-electron chi connectivity index (χ0n) is 41.7. The molecule has 0 bridgehead atoms. The second-order valence-electron chi connectivity index (χ2n) is 18.4. The number of aliphatic hydroxyl groups excluding tert-OH is 2. The lowest BCUT2D eigenvalue weighted by Crippen LogP contribution is -2.46. The van der Waals surface area contributed by atoms with Gasteiger partial charge in [-0.05, 0) is 18.9 Å². The SMILES string of the molecule is CCCCCCCCCCCCCCCCCCCC/C=C/C(=O)SCCNC(=O)CCNC(=O)[C@H](O)C(C)(C)COP(=O)(O)OP(=O)(O)OC[C@H]1O[C@@H](n2cnc3c(N)ncnc32)[C@H](O)[C@@H]1OP(=O)(O)O. The Hall–Kier alpha value is -2.70. The summed E-state index contributed by atoms with van der Waals surface area (Å²) in [5.74, 6) is -1.09. The number of amides is 2. The summed E-state index contributed by atoms with van der Waals surface area (Å²) in [7, 11) is -16.4. The molecular formula is C44H78N7O17P3S. The van der Waals surface area contributed by atoms with Crippen LogP contribution in [0.25, 0.3) is 11.2 Å². The topological polar surface area (TPSA) is 364 Å². The number of nitrogens with two attached hydrogens (primary N) is 1. The van der Waals surface area contributed by atoms with Crippen molar-refractivity contribution in [3.05, 3.63) is 24.8 Å². The first-order valence-electron chi connectivity index (χ1n) is 24.8. The predicted octanol–water partition coefficient (Wildman–Crippen LogP) is 6.65. The van der Waals surface area contributed by atoms with Gasteiger partial charge in [0.25, 0.3) is 0 Å². The van der Waals surface area contributed by atoms with E-state index in [0.717, 1.165) is 48.2 Å². The number of ether oxygens (including phenoxy) is 1. The highest BCUT2D eigenvalue weighted by molar-refractivity contribution is 8.14. The minimum Gasteiger partial charge on any atom is -0.386 e. The fourth-order valence-electron chi connectivity index (χ4n) is 7.67. The van der Waals surface area contributed by atoms with Crippen LogP contribution in [-0.4, -0.2) is 123 Å². The molecule has 2 amide bonds. The van der Waals surface area contributed by atoms with Crippen LogP contribution in [0.1, 0.15) is 155 Å². The Morgan fingerprint density at radius 1 is 0.847 bits per heavy atom. The molecule has 2 aromatic rings. The maximum Gasteiger partial charge on any atom is 0.481 e. The summed E-state index contributed by atoms with van der Waals surface area (Å²) >= 11 is 1.07. The summed E-state index contributed by atoms with van der Waals surface area (Å²) in [6.45, 7) is 2.79. The van der Waals surface area contributed by atoms with Crippen LogP contribution in [0.4, 0.5) is 5.82 Å². The van der Waals surface area contributed by atoms with Crippen molar-refractivity contribution < 1.29 is 80.5 Å². The van der Waals surface area contributed by atoms with E-state index in [2.05, 4.69) is 41.3 Å². The molecule has 7 atom stereocenters. The van der Waals surface area contributed by atoms with E-state index in [1.807, 2.05) is 6.08 Å². The molecule has 3 heterocycles. The van der Waals surface area contributed by atoms with E-state index >= 15 is 0 Å². The Morgan fingerprint density at radius 3 is 2.00 bits per heavy atom. The number of unbranched alkanes of at least 4 members (excludes halogenated alkanes) is 18. The van der Waals surface area contributed by atoms with Gasteiger partial charge < -0.3 is 50.9 Å². The maximum atomic E-state index is 12.8. The van der Waals surface area contributed by atoms with Gasteiger partial charge in [0, 0.05) is 30.7 Å². The quantitative estimate of drug-likeness (QED) is 0.0192. The van der Waals surface area contributed by atoms with E-state index in [-0.39, 0.29) is 41.6 Å². The third kappa shape index (κ3) is 24.8. The Balaban J connectivity index is 1.25. The molecule has 0 aliphatic carbocycles. The number of allylic oxidation sites excluding steroid dienone is 1. The van der Waals surface area contributed by atoms with Gasteiger partial charge in [0.2, 0.25) is 16.9 Å². The van der Waals surface area contributed by atoms with Gasteiger partial charge in [0.1, 0.15) is 36.3 Å². The molecule has 1 saturated heterocycles. The molecular weight excluding hydrogens is 1020 g/mol. The third-order valence-electron chi connectivity index (χ3n) is 11.7. The van der Waals surface area contributed by atoms with Crippen LogP contribution in [0.5, 0.6) is 0 Å². The van der Waals surface area contributed by atoms with E-state index in [0.29, 0.717) is 5.75 Å². The highest BCUT2D eigenvalue weighted by Crippen LogP contribution is 2.61. The molecule has 0 radical (unpaired) electrons. The van der Waals surface area contributed by atoms with Crippen molar-refractivity contribution >= 4 is 69.1 Å². The Labute approximate surface area is 426 Å². The fourth-order valence-corrected chi connectivity index (χ4v) is 11.1. The van der Waals surface area contributed by atoms with Gasteiger partial charge in [-0.3, -0.25) is 32.5 Å². The number of hydrogen-bond acceptors (Lipinski definition) is 18. The number of anilines is 1. The van der Waals surface area contributed by atoms with Crippen molar-refractivity contribution in [1.29, 1.82) is 0 Å². The van der Waals surface area contributed by atoms with Crippen molar-refractivity contribution in [2.75, 3.05) is 37.8 Å². The Bertz CT molecular complexity index is 2130. The largest absolute Gasteiger partial charge is 0.481 e. The summed E-state index contributed by atoms with van der Waals surface area (Å²) in [6.07, 6.45) is 21.1. The van der Waals surface area contributed by atoms with Crippen LogP contribution in [0.15, 0.2) is 24.8 Å². The molecule has 2 unspecified atom stereocenters. The summed E-state index contributed by atoms with van der Waals surface area (Å²) in [5, 5.41) is 26.5. The minimum atomic E-state index is -5.58. The molecule has 0 aromatic carbocycles. The number of aliphatic hydroxyl groups is 2. The summed E-state index contributed by atoms with van der Waals surface area (Å²) in [4.78, 5) is 88.4. The smallest absolute Gasteiger partial charge is 0.386 e. The lowest BCUT2D eigenvalue weighted by molar-refractivity contribution is -0.137. The van der Waals surface area contributed by atoms with E-state index in [1.165, 1.54) is 117 Å². The van der Waals surface area contributed by atoms with Crippen LogP contribution in [-0.2, 0) is 50.7 Å². The van der Waals surface area contributed by atoms with E-state index in [4.69, 9.17) is 19.5 Å². The molecule has 0 spiro atoms. The molecule has 412 valence electrons. The van der Waals surface area contributed by atoms with E-state index in [1.54, 1.807) is 6.08 Å². The molecule has 1 aliphatic heterocycles. The zero-order valence-corrected chi connectivity index (χ0v) is 45.2. The van der Waals surface area contributed by atoms with Crippen LogP contribution in [0, 0.1) is 5.41 Å². The van der Waals surface area contributed by atoms with Crippen molar-refractivity contribution in [2.24, 2.45) is 5.41 Å². The Morgan fingerprint density at radius 2 is 1.42 bits per heavy atom.